The standard InChI is InChI=1S/C15H22FN3O2/c1-3-15(10-21-9-13(15)16)19(18)8-7-11-5-4-6-12(17)14(11)20-2/h4-8,13H,3,9-10,17-18H2,1-2H3/b8-7+/t13-,15-/m0/s1. The van der Waals surface area contributed by atoms with Crippen LogP contribution in [0.2, 0.25) is 0 Å². The Morgan fingerprint density at radius 1 is 1.57 bits per heavy atom. The van der Waals surface area contributed by atoms with E-state index in [9.17, 15) is 4.39 Å². The van der Waals surface area contributed by atoms with Crippen molar-refractivity contribution in [2.75, 3.05) is 26.1 Å². The number of hydrogen-bond acceptors (Lipinski definition) is 5. The molecular formula is C15H22FN3O2. The molecule has 21 heavy (non-hydrogen) atoms. The predicted octanol–water partition coefficient (Wildman–Crippen LogP) is 1.94. The number of halogens is 1. The Morgan fingerprint density at radius 2 is 2.33 bits per heavy atom. The molecule has 2 rings (SSSR count). The van der Waals surface area contributed by atoms with Gasteiger partial charge in [0.05, 0.1) is 26.0 Å². The molecule has 1 heterocycles. The summed E-state index contributed by atoms with van der Waals surface area (Å²) >= 11 is 0. The molecule has 1 aromatic carbocycles. The van der Waals surface area contributed by atoms with Crippen molar-refractivity contribution in [3.63, 3.8) is 0 Å². The summed E-state index contributed by atoms with van der Waals surface area (Å²) in [6.45, 7) is 2.26. The Balaban J connectivity index is 2.23. The van der Waals surface area contributed by atoms with Gasteiger partial charge >= 0.3 is 0 Å². The van der Waals surface area contributed by atoms with E-state index in [0.29, 0.717) is 17.9 Å². The largest absolute Gasteiger partial charge is 0.494 e. The molecule has 0 radical (unpaired) electrons. The third kappa shape index (κ3) is 2.82. The molecule has 1 aliphatic heterocycles. The highest BCUT2D eigenvalue weighted by molar-refractivity contribution is 5.67. The molecule has 0 aliphatic carbocycles. The lowest BCUT2D eigenvalue weighted by Crippen LogP contribution is -2.55. The van der Waals surface area contributed by atoms with Crippen molar-refractivity contribution in [2.45, 2.75) is 25.1 Å². The molecule has 1 saturated heterocycles. The summed E-state index contributed by atoms with van der Waals surface area (Å²) in [6.07, 6.45) is 2.85. The minimum Gasteiger partial charge on any atom is -0.494 e. The number of ether oxygens (including phenoxy) is 2. The maximum atomic E-state index is 14.1. The zero-order chi connectivity index (χ0) is 15.5. The average molecular weight is 295 g/mol. The van der Waals surface area contributed by atoms with Crippen LogP contribution in [0.4, 0.5) is 10.1 Å². The van der Waals surface area contributed by atoms with Crippen molar-refractivity contribution in [1.29, 1.82) is 0 Å². The van der Waals surface area contributed by atoms with Gasteiger partial charge in [0.15, 0.2) is 6.17 Å². The first kappa shape index (κ1) is 15.6. The van der Waals surface area contributed by atoms with Crippen LogP contribution < -0.4 is 16.3 Å². The summed E-state index contributed by atoms with van der Waals surface area (Å²) in [5, 5.41) is 1.40. The first-order valence-electron chi connectivity index (χ1n) is 6.91. The highest BCUT2D eigenvalue weighted by atomic mass is 19.1. The average Bonchev–Trinajstić information content (AvgIpc) is 2.86. The lowest BCUT2D eigenvalue weighted by Gasteiger charge is -2.36. The lowest BCUT2D eigenvalue weighted by atomic mass is 9.93. The fourth-order valence-electron chi connectivity index (χ4n) is 2.58. The van der Waals surface area contributed by atoms with Crippen molar-refractivity contribution >= 4 is 11.8 Å². The summed E-state index contributed by atoms with van der Waals surface area (Å²) in [4.78, 5) is 0. The second kappa shape index (κ2) is 6.32. The van der Waals surface area contributed by atoms with Gasteiger partial charge in [0.2, 0.25) is 0 Å². The van der Waals surface area contributed by atoms with Crippen molar-refractivity contribution in [2.24, 2.45) is 5.84 Å². The Kier molecular flexibility index (Phi) is 4.69. The van der Waals surface area contributed by atoms with Crippen molar-refractivity contribution in [3.8, 4) is 5.75 Å². The van der Waals surface area contributed by atoms with Crippen LogP contribution in [0.15, 0.2) is 24.4 Å². The Labute approximate surface area is 124 Å². The van der Waals surface area contributed by atoms with Crippen LogP contribution in [-0.4, -0.2) is 37.0 Å². The van der Waals surface area contributed by atoms with Gasteiger partial charge in [-0.2, -0.15) is 0 Å². The molecule has 0 spiro atoms. The zero-order valence-corrected chi connectivity index (χ0v) is 12.4. The van der Waals surface area contributed by atoms with Gasteiger partial charge < -0.3 is 20.2 Å². The predicted molar refractivity (Wildman–Crippen MR) is 81.2 cm³/mol. The maximum Gasteiger partial charge on any atom is 0.150 e. The SMILES string of the molecule is CC[C@]1(N(N)/C=C/c2cccc(N)c2OC)COC[C@@H]1F. The zero-order valence-electron chi connectivity index (χ0n) is 12.4. The summed E-state index contributed by atoms with van der Waals surface area (Å²) in [6, 6.07) is 5.44. The Morgan fingerprint density at radius 3 is 2.90 bits per heavy atom. The highest BCUT2D eigenvalue weighted by Crippen LogP contribution is 2.32. The number of nitrogens with two attached hydrogens (primary N) is 2. The van der Waals surface area contributed by atoms with Gasteiger partial charge in [0.1, 0.15) is 11.3 Å². The first-order valence-corrected chi connectivity index (χ1v) is 6.91. The maximum absolute atomic E-state index is 14.1. The molecule has 0 saturated carbocycles. The van der Waals surface area contributed by atoms with Crippen LogP contribution in [0, 0.1) is 0 Å². The molecule has 0 amide bonds. The van der Waals surface area contributed by atoms with Crippen molar-refractivity contribution < 1.29 is 13.9 Å². The van der Waals surface area contributed by atoms with Gasteiger partial charge in [0.25, 0.3) is 0 Å². The molecule has 116 valence electrons. The van der Waals surface area contributed by atoms with E-state index in [1.54, 1.807) is 25.5 Å². The molecule has 0 aromatic heterocycles. The van der Waals surface area contributed by atoms with E-state index in [0.717, 1.165) is 5.56 Å². The third-order valence-corrected chi connectivity index (χ3v) is 4.02. The Bertz CT molecular complexity index is 524. The smallest absolute Gasteiger partial charge is 0.150 e. The first-order chi connectivity index (χ1) is 10.0. The monoisotopic (exact) mass is 295 g/mol. The fraction of sp³-hybridized carbons (Fsp3) is 0.467. The molecule has 5 nitrogen and oxygen atoms in total. The van der Waals surface area contributed by atoms with E-state index in [2.05, 4.69) is 0 Å². The summed E-state index contributed by atoms with van der Waals surface area (Å²) in [7, 11) is 1.55. The van der Waals surface area contributed by atoms with Gasteiger partial charge in [-0.05, 0) is 18.6 Å². The molecular weight excluding hydrogens is 273 g/mol. The molecule has 1 aromatic rings. The fourth-order valence-corrected chi connectivity index (χ4v) is 2.58. The highest BCUT2D eigenvalue weighted by Gasteiger charge is 2.46. The number of methoxy groups -OCH3 is 1. The number of anilines is 1. The van der Waals surface area contributed by atoms with Gasteiger partial charge in [-0.3, -0.25) is 0 Å². The number of hydrazine groups is 1. The molecule has 0 unspecified atom stereocenters. The second-order valence-corrected chi connectivity index (χ2v) is 5.13. The Hall–Kier alpha value is -1.79. The summed E-state index contributed by atoms with van der Waals surface area (Å²) in [5.41, 5.74) is 6.36. The van der Waals surface area contributed by atoms with Gasteiger partial charge in [-0.1, -0.05) is 19.1 Å². The van der Waals surface area contributed by atoms with Crippen LogP contribution in [0.1, 0.15) is 18.9 Å². The molecule has 4 N–H and O–H groups in total. The topological polar surface area (TPSA) is 73.7 Å². The molecule has 6 heteroatoms. The number of hydrogen-bond donors (Lipinski definition) is 2. The minimum absolute atomic E-state index is 0.0803. The van der Waals surface area contributed by atoms with Crippen molar-refractivity contribution in [3.05, 3.63) is 30.0 Å². The van der Waals surface area contributed by atoms with E-state index in [1.165, 1.54) is 5.01 Å². The second-order valence-electron chi connectivity index (χ2n) is 5.13. The van der Waals surface area contributed by atoms with E-state index in [4.69, 9.17) is 21.1 Å². The van der Waals surface area contributed by atoms with Crippen LogP contribution in [0.25, 0.3) is 6.08 Å². The van der Waals surface area contributed by atoms with Crippen LogP contribution in [-0.2, 0) is 4.74 Å². The van der Waals surface area contributed by atoms with E-state index >= 15 is 0 Å². The quantitative estimate of drug-likeness (QED) is 0.493. The number of benzene rings is 1. The van der Waals surface area contributed by atoms with E-state index in [-0.39, 0.29) is 13.2 Å². The lowest BCUT2D eigenvalue weighted by molar-refractivity contribution is 0.0710. The molecule has 0 bridgehead atoms. The minimum atomic E-state index is -1.11. The van der Waals surface area contributed by atoms with Crippen LogP contribution in [0.3, 0.4) is 0 Å². The molecule has 2 atom stereocenters. The van der Waals surface area contributed by atoms with Crippen LogP contribution >= 0.6 is 0 Å². The van der Waals surface area contributed by atoms with E-state index < -0.39 is 11.7 Å². The van der Waals surface area contributed by atoms with Gasteiger partial charge in [-0.15, -0.1) is 0 Å². The summed E-state index contributed by atoms with van der Waals surface area (Å²) < 4.78 is 24.6. The van der Waals surface area contributed by atoms with E-state index in [1.807, 2.05) is 19.1 Å². The van der Waals surface area contributed by atoms with Gasteiger partial charge in [0, 0.05) is 11.8 Å². The number of rotatable bonds is 5. The normalized spacial score (nSPS) is 25.4. The van der Waals surface area contributed by atoms with Crippen LogP contribution in [0.5, 0.6) is 5.75 Å². The third-order valence-electron chi connectivity index (χ3n) is 4.02. The summed E-state index contributed by atoms with van der Waals surface area (Å²) in [5.74, 6) is 6.62. The number of para-hydroxylation sites is 1. The molecule has 1 fully saturated rings. The van der Waals surface area contributed by atoms with Gasteiger partial charge in [-0.25, -0.2) is 10.2 Å². The molecule has 1 aliphatic rings. The van der Waals surface area contributed by atoms with Crippen molar-refractivity contribution in [1.82, 2.24) is 5.01 Å². The number of nitrogens with zero attached hydrogens (tertiary/aromatic N) is 1. The number of nitrogen functional groups attached to an aromatic ring is 1. The number of alkyl halides is 1.